The van der Waals surface area contributed by atoms with Crippen molar-refractivity contribution in [3.8, 4) is 11.5 Å². The molecule has 27 heavy (non-hydrogen) atoms. The molecular weight excluding hydrogens is 388 g/mol. The largest absolute Gasteiger partial charge is 0.496 e. The monoisotopic (exact) mass is 404 g/mol. The second-order valence-electron chi connectivity index (χ2n) is 5.54. The van der Waals surface area contributed by atoms with Gasteiger partial charge in [0.05, 0.1) is 30.8 Å². The molecule has 0 unspecified atom stereocenters. The zero-order chi connectivity index (χ0) is 19.4. The van der Waals surface area contributed by atoms with Gasteiger partial charge in [0.2, 0.25) is 0 Å². The highest BCUT2D eigenvalue weighted by atomic mass is 35.5. The van der Waals surface area contributed by atoms with Crippen LogP contribution in [0, 0.1) is 0 Å². The molecule has 0 aromatic heterocycles. The molecule has 0 saturated carbocycles. The van der Waals surface area contributed by atoms with Crippen LogP contribution in [0.3, 0.4) is 0 Å². The van der Waals surface area contributed by atoms with Crippen molar-refractivity contribution in [1.82, 2.24) is 4.90 Å². The molecule has 1 saturated heterocycles. The predicted octanol–water partition coefficient (Wildman–Crippen LogP) is 4.46. The van der Waals surface area contributed by atoms with Crippen LogP contribution in [-0.4, -0.2) is 36.9 Å². The number of nitrogens with one attached hydrogen (secondary N) is 1. The number of nitrogens with zero attached hydrogens (tertiary/aromatic N) is 1. The molecule has 0 atom stereocenters. The summed E-state index contributed by atoms with van der Waals surface area (Å²) in [5, 5.41) is 3.12. The SMILES string of the molecule is COc1ccc(NCN2C(=O)S/C(=C/c3ccccc3OC)C2=O)cc1Cl. The number of rotatable bonds is 6. The Kier molecular flexibility index (Phi) is 5.93. The van der Waals surface area contributed by atoms with Gasteiger partial charge in [-0.1, -0.05) is 29.8 Å². The van der Waals surface area contributed by atoms with Crippen LogP contribution in [0.15, 0.2) is 47.4 Å². The van der Waals surface area contributed by atoms with Crippen molar-refractivity contribution in [3.05, 3.63) is 58.0 Å². The number of anilines is 1. The number of hydrogen-bond acceptors (Lipinski definition) is 6. The lowest BCUT2D eigenvalue weighted by atomic mass is 10.2. The van der Waals surface area contributed by atoms with E-state index >= 15 is 0 Å². The summed E-state index contributed by atoms with van der Waals surface area (Å²) >= 11 is 6.98. The Morgan fingerprint density at radius 2 is 1.85 bits per heavy atom. The van der Waals surface area contributed by atoms with E-state index in [9.17, 15) is 9.59 Å². The van der Waals surface area contributed by atoms with Gasteiger partial charge >= 0.3 is 0 Å². The molecule has 0 spiro atoms. The second kappa shape index (κ2) is 8.37. The first-order valence-electron chi connectivity index (χ1n) is 7.99. The van der Waals surface area contributed by atoms with E-state index in [1.165, 1.54) is 7.11 Å². The Labute approximate surface area is 166 Å². The molecule has 0 radical (unpaired) electrons. The van der Waals surface area contributed by atoms with Crippen molar-refractivity contribution in [2.75, 3.05) is 26.2 Å². The Bertz CT molecular complexity index is 916. The molecule has 6 nitrogen and oxygen atoms in total. The first kappa shape index (κ1) is 19.1. The maximum atomic E-state index is 12.6. The fourth-order valence-corrected chi connectivity index (χ4v) is 3.60. The molecule has 0 aliphatic carbocycles. The van der Waals surface area contributed by atoms with Crippen LogP contribution in [0.5, 0.6) is 11.5 Å². The summed E-state index contributed by atoms with van der Waals surface area (Å²) in [5.74, 6) is 0.825. The molecule has 1 heterocycles. The third-order valence-corrected chi connectivity index (χ3v) is 5.09. The van der Waals surface area contributed by atoms with E-state index in [1.807, 2.05) is 18.2 Å². The molecule has 2 aromatic carbocycles. The fraction of sp³-hybridized carbons (Fsp3) is 0.158. The summed E-state index contributed by atoms with van der Waals surface area (Å²) in [6.07, 6.45) is 1.66. The van der Waals surface area contributed by atoms with Crippen molar-refractivity contribution in [2.24, 2.45) is 0 Å². The van der Waals surface area contributed by atoms with Gasteiger partial charge in [-0.3, -0.25) is 14.5 Å². The molecule has 1 aliphatic rings. The zero-order valence-corrected chi connectivity index (χ0v) is 16.3. The Balaban J connectivity index is 1.73. The maximum absolute atomic E-state index is 12.6. The van der Waals surface area contributed by atoms with Crippen molar-refractivity contribution in [1.29, 1.82) is 0 Å². The summed E-state index contributed by atoms with van der Waals surface area (Å²) in [6.45, 7) is 0.0383. The van der Waals surface area contributed by atoms with Crippen molar-refractivity contribution in [2.45, 2.75) is 0 Å². The molecule has 1 aliphatic heterocycles. The number of hydrogen-bond donors (Lipinski definition) is 1. The topological polar surface area (TPSA) is 67.9 Å². The van der Waals surface area contributed by atoms with Gasteiger partial charge in [0.15, 0.2) is 0 Å². The Morgan fingerprint density at radius 1 is 1.11 bits per heavy atom. The van der Waals surface area contributed by atoms with E-state index in [0.717, 1.165) is 22.2 Å². The number of para-hydroxylation sites is 1. The minimum Gasteiger partial charge on any atom is -0.496 e. The lowest BCUT2D eigenvalue weighted by molar-refractivity contribution is -0.122. The van der Waals surface area contributed by atoms with Crippen LogP contribution in [0.4, 0.5) is 10.5 Å². The average molecular weight is 405 g/mol. The molecular formula is C19H17ClN2O4S. The highest BCUT2D eigenvalue weighted by Crippen LogP contribution is 2.34. The van der Waals surface area contributed by atoms with Crippen LogP contribution in [0.2, 0.25) is 5.02 Å². The molecule has 140 valence electrons. The number of halogens is 1. The van der Waals surface area contributed by atoms with Crippen molar-refractivity contribution in [3.63, 3.8) is 0 Å². The quantitative estimate of drug-likeness (QED) is 0.717. The van der Waals surface area contributed by atoms with Crippen LogP contribution >= 0.6 is 23.4 Å². The van der Waals surface area contributed by atoms with E-state index in [2.05, 4.69) is 5.32 Å². The Morgan fingerprint density at radius 3 is 2.56 bits per heavy atom. The second-order valence-corrected chi connectivity index (χ2v) is 6.94. The van der Waals surface area contributed by atoms with E-state index in [-0.39, 0.29) is 17.8 Å². The molecule has 2 aromatic rings. The summed E-state index contributed by atoms with van der Waals surface area (Å²) in [5.41, 5.74) is 1.41. The molecule has 8 heteroatoms. The summed E-state index contributed by atoms with van der Waals surface area (Å²) in [6, 6.07) is 12.4. The first-order valence-corrected chi connectivity index (χ1v) is 9.18. The van der Waals surface area contributed by atoms with Gasteiger partial charge in [-0.05, 0) is 42.1 Å². The number of carbonyl (C=O) groups excluding carboxylic acids is 2. The molecule has 1 N–H and O–H groups in total. The van der Waals surface area contributed by atoms with Crippen molar-refractivity contribution < 1.29 is 19.1 Å². The predicted molar refractivity (Wildman–Crippen MR) is 107 cm³/mol. The van der Waals surface area contributed by atoms with Crippen LogP contribution in [0.1, 0.15) is 5.56 Å². The highest BCUT2D eigenvalue weighted by molar-refractivity contribution is 8.18. The van der Waals surface area contributed by atoms with E-state index in [0.29, 0.717) is 27.1 Å². The minimum absolute atomic E-state index is 0.0383. The third kappa shape index (κ3) is 4.20. The van der Waals surface area contributed by atoms with Gasteiger partial charge < -0.3 is 14.8 Å². The molecule has 0 bridgehead atoms. The van der Waals surface area contributed by atoms with Crippen molar-refractivity contribution >= 4 is 46.3 Å². The average Bonchev–Trinajstić information content (AvgIpc) is 2.93. The smallest absolute Gasteiger partial charge is 0.295 e. The highest BCUT2D eigenvalue weighted by Gasteiger charge is 2.35. The van der Waals surface area contributed by atoms with E-state index in [1.54, 1.807) is 37.5 Å². The number of carbonyl (C=O) groups is 2. The van der Waals surface area contributed by atoms with Crippen LogP contribution in [0.25, 0.3) is 6.08 Å². The van der Waals surface area contributed by atoms with Crippen LogP contribution in [-0.2, 0) is 4.79 Å². The van der Waals surface area contributed by atoms with Gasteiger partial charge in [0.1, 0.15) is 11.5 Å². The number of methoxy groups -OCH3 is 2. The van der Waals surface area contributed by atoms with Gasteiger partial charge in [0.25, 0.3) is 11.1 Å². The standard InChI is InChI=1S/C19H17ClN2O4S/c1-25-15-6-4-3-5-12(15)9-17-18(23)22(19(24)27-17)11-21-13-7-8-16(26-2)14(20)10-13/h3-10,21H,11H2,1-2H3/b17-9+. The minimum atomic E-state index is -0.358. The maximum Gasteiger partial charge on any atom is 0.295 e. The van der Waals surface area contributed by atoms with Gasteiger partial charge in [0, 0.05) is 11.3 Å². The fourth-order valence-electron chi connectivity index (χ4n) is 2.51. The summed E-state index contributed by atoms with van der Waals surface area (Å²) in [4.78, 5) is 26.3. The van der Waals surface area contributed by atoms with Gasteiger partial charge in [-0.2, -0.15) is 0 Å². The molecule has 1 fully saturated rings. The lowest BCUT2D eigenvalue weighted by Gasteiger charge is -2.15. The Hall–Kier alpha value is -2.64. The lowest BCUT2D eigenvalue weighted by Crippen LogP contribution is -2.33. The number of amides is 2. The number of ether oxygens (including phenoxy) is 2. The van der Waals surface area contributed by atoms with E-state index < -0.39 is 0 Å². The van der Waals surface area contributed by atoms with Gasteiger partial charge in [-0.25, -0.2) is 0 Å². The molecule has 2 amide bonds. The normalized spacial score (nSPS) is 15.4. The third-order valence-electron chi connectivity index (χ3n) is 3.89. The van der Waals surface area contributed by atoms with Gasteiger partial charge in [-0.15, -0.1) is 0 Å². The number of thioether (sulfide) groups is 1. The van der Waals surface area contributed by atoms with E-state index in [4.69, 9.17) is 21.1 Å². The summed E-state index contributed by atoms with van der Waals surface area (Å²) in [7, 11) is 3.09. The van der Waals surface area contributed by atoms with Crippen LogP contribution < -0.4 is 14.8 Å². The number of imide groups is 1. The first-order chi connectivity index (χ1) is 13.0. The summed E-state index contributed by atoms with van der Waals surface area (Å²) < 4.78 is 10.4. The zero-order valence-electron chi connectivity index (χ0n) is 14.7. The number of benzene rings is 2. The molecule has 3 rings (SSSR count).